The Labute approximate surface area is 160 Å². The molecule has 7 heteroatoms. The van der Waals surface area contributed by atoms with Gasteiger partial charge < -0.3 is 20.3 Å². The average molecular weight is 360 g/mol. The van der Waals surface area contributed by atoms with E-state index in [1.54, 1.807) is 0 Å². The Balaban J connectivity index is 2.15. The van der Waals surface area contributed by atoms with Crippen LogP contribution >= 0.6 is 0 Å². The number of aromatic nitrogens is 1. The van der Waals surface area contributed by atoms with Gasteiger partial charge in [0, 0.05) is 20.6 Å². The van der Waals surface area contributed by atoms with Gasteiger partial charge in [-0.15, -0.1) is 0 Å². The summed E-state index contributed by atoms with van der Waals surface area (Å²) in [6.45, 7) is -6.13. The van der Waals surface area contributed by atoms with E-state index in [1.807, 2.05) is 0 Å². The van der Waals surface area contributed by atoms with E-state index in [4.69, 9.17) is 20.8 Å². The molecule has 0 spiro atoms. The summed E-state index contributed by atoms with van der Waals surface area (Å²) in [5.74, 6) is -4.52. The molecule has 3 rings (SSSR count). The molecule has 0 fully saturated rings. The van der Waals surface area contributed by atoms with Gasteiger partial charge in [0.2, 0.25) is 0 Å². The standard InChI is InChI=1S/C19H16N2O5/c1-11-15-9-13(26-12-5-3-2-4-6-12)7-8-14(15)18(24)17(21-11)19(25)20-10-16(22)23/h2-9,24H,10H2,1H3,(H,20,25)(H,22,23)/i1D3,2D,5D,6D,10D2. The molecule has 0 radical (unpaired) electrons. The Bertz CT molecular complexity index is 1300. The van der Waals surface area contributed by atoms with Crippen molar-refractivity contribution in [2.75, 3.05) is 6.50 Å². The van der Waals surface area contributed by atoms with Gasteiger partial charge in [-0.05, 0) is 37.1 Å². The van der Waals surface area contributed by atoms with Gasteiger partial charge in [0.05, 0.1) is 6.85 Å². The lowest BCUT2D eigenvalue weighted by Gasteiger charge is -2.12. The Hall–Kier alpha value is -3.61. The van der Waals surface area contributed by atoms with Gasteiger partial charge in [-0.1, -0.05) is 18.2 Å². The fourth-order valence-electron chi connectivity index (χ4n) is 2.14. The number of ether oxygens (including phenoxy) is 1. The van der Waals surface area contributed by atoms with Crippen molar-refractivity contribution < 1.29 is 35.5 Å². The number of carboxylic acid groups (broad SMARTS) is 1. The molecular formula is C19H16N2O5. The van der Waals surface area contributed by atoms with Gasteiger partial charge in [-0.2, -0.15) is 0 Å². The van der Waals surface area contributed by atoms with E-state index in [-0.39, 0.29) is 40.4 Å². The van der Waals surface area contributed by atoms with Crippen LogP contribution in [0.25, 0.3) is 10.8 Å². The summed E-state index contributed by atoms with van der Waals surface area (Å²) in [7, 11) is 0. The number of carbonyl (C=O) groups excluding carboxylic acids is 1. The minimum Gasteiger partial charge on any atom is -0.505 e. The number of aliphatic carboxylic acids is 1. The summed E-state index contributed by atoms with van der Waals surface area (Å²) >= 11 is 0. The van der Waals surface area contributed by atoms with Crippen molar-refractivity contribution in [1.29, 1.82) is 0 Å². The number of amides is 1. The first-order chi connectivity index (χ1) is 15.6. The molecule has 0 aliphatic heterocycles. The Morgan fingerprint density at radius 3 is 2.77 bits per heavy atom. The number of hydrogen-bond acceptors (Lipinski definition) is 5. The number of carboxylic acids is 1. The van der Waals surface area contributed by atoms with Crippen LogP contribution in [-0.4, -0.2) is 33.6 Å². The van der Waals surface area contributed by atoms with Gasteiger partial charge in [0.25, 0.3) is 5.91 Å². The van der Waals surface area contributed by atoms with Crippen LogP contribution < -0.4 is 10.1 Å². The number of nitrogens with zero attached hydrogens (tertiary/aromatic N) is 1. The quantitative estimate of drug-likeness (QED) is 0.645. The van der Waals surface area contributed by atoms with Crippen LogP contribution in [-0.2, 0) is 4.79 Å². The second-order valence-corrected chi connectivity index (χ2v) is 4.92. The Morgan fingerprint density at radius 1 is 1.31 bits per heavy atom. The van der Waals surface area contributed by atoms with E-state index in [0.717, 1.165) is 18.2 Å². The molecule has 3 aromatic rings. The second-order valence-electron chi connectivity index (χ2n) is 4.92. The third-order valence-electron chi connectivity index (χ3n) is 3.24. The van der Waals surface area contributed by atoms with E-state index < -0.39 is 42.4 Å². The maximum Gasteiger partial charge on any atom is 0.322 e. The summed E-state index contributed by atoms with van der Waals surface area (Å²) in [6, 6.07) is 5.33. The molecule has 26 heavy (non-hydrogen) atoms. The van der Waals surface area contributed by atoms with Gasteiger partial charge >= 0.3 is 5.97 Å². The van der Waals surface area contributed by atoms with Crippen molar-refractivity contribution in [2.24, 2.45) is 0 Å². The zero-order chi connectivity index (χ0) is 25.6. The largest absolute Gasteiger partial charge is 0.505 e. The molecule has 1 aromatic heterocycles. The molecule has 1 amide bonds. The third-order valence-corrected chi connectivity index (χ3v) is 3.24. The zero-order valence-corrected chi connectivity index (χ0v) is 13.0. The fourth-order valence-corrected chi connectivity index (χ4v) is 2.14. The average Bonchev–Trinajstić information content (AvgIpc) is 2.69. The highest BCUT2D eigenvalue weighted by atomic mass is 16.5. The minimum absolute atomic E-state index is 0.0293. The maximum absolute atomic E-state index is 12.4. The van der Waals surface area contributed by atoms with Crippen molar-refractivity contribution >= 4 is 22.6 Å². The Kier molecular flexibility index (Phi) is 2.67. The minimum atomic E-state index is -3.21. The molecule has 0 atom stereocenters. The number of hydrogen-bond donors (Lipinski definition) is 3. The topological polar surface area (TPSA) is 109 Å². The first-order valence-electron chi connectivity index (χ1n) is 11.1. The van der Waals surface area contributed by atoms with Gasteiger partial charge in [0.15, 0.2) is 11.4 Å². The van der Waals surface area contributed by atoms with E-state index in [1.165, 1.54) is 17.4 Å². The van der Waals surface area contributed by atoms with Crippen LogP contribution in [0.5, 0.6) is 17.2 Å². The maximum atomic E-state index is 12.4. The lowest BCUT2D eigenvalue weighted by Crippen LogP contribution is -2.30. The number of aryl methyl sites for hydroxylation is 1. The summed E-state index contributed by atoms with van der Waals surface area (Å²) in [5, 5.41) is 20.6. The molecule has 1 heterocycles. The third kappa shape index (κ3) is 3.56. The summed E-state index contributed by atoms with van der Waals surface area (Å²) in [4.78, 5) is 27.0. The van der Waals surface area contributed by atoms with E-state index in [9.17, 15) is 14.7 Å². The van der Waals surface area contributed by atoms with Crippen molar-refractivity contribution in [3.8, 4) is 17.2 Å². The number of carbonyl (C=O) groups is 2. The van der Waals surface area contributed by atoms with Crippen LogP contribution in [0, 0.1) is 6.85 Å². The predicted octanol–water partition coefficient (Wildman–Crippen LogP) is 2.86. The van der Waals surface area contributed by atoms with Gasteiger partial charge in [-0.25, -0.2) is 4.98 Å². The molecule has 0 bridgehead atoms. The van der Waals surface area contributed by atoms with E-state index in [0.29, 0.717) is 0 Å². The smallest absolute Gasteiger partial charge is 0.322 e. The number of aromatic hydroxyl groups is 1. The summed E-state index contributed by atoms with van der Waals surface area (Å²) in [5.41, 5.74) is -1.56. The van der Waals surface area contributed by atoms with Crippen LogP contribution in [0.4, 0.5) is 0 Å². The van der Waals surface area contributed by atoms with Crippen molar-refractivity contribution in [1.82, 2.24) is 10.3 Å². The molecule has 2 aromatic carbocycles. The molecule has 0 unspecified atom stereocenters. The summed E-state index contributed by atoms with van der Waals surface area (Å²) < 4.78 is 66.8. The van der Waals surface area contributed by atoms with Crippen molar-refractivity contribution in [3.63, 3.8) is 0 Å². The number of benzene rings is 2. The first-order valence-corrected chi connectivity index (χ1v) is 7.10. The molecule has 132 valence electrons. The van der Waals surface area contributed by atoms with Crippen LogP contribution in [0.1, 0.15) is 27.1 Å². The number of fused-ring (bicyclic) bond motifs is 1. The van der Waals surface area contributed by atoms with E-state index >= 15 is 0 Å². The van der Waals surface area contributed by atoms with Gasteiger partial charge in [0.1, 0.15) is 18.0 Å². The van der Waals surface area contributed by atoms with Crippen molar-refractivity contribution in [2.45, 2.75) is 6.85 Å². The monoisotopic (exact) mass is 360 g/mol. The fraction of sp³-hybridized carbons (Fsp3) is 0.105. The van der Waals surface area contributed by atoms with Crippen LogP contribution in [0.3, 0.4) is 0 Å². The first kappa shape index (κ1) is 9.76. The Morgan fingerprint density at radius 2 is 2.08 bits per heavy atom. The highest BCUT2D eigenvalue weighted by Gasteiger charge is 2.18. The molecule has 0 aliphatic rings. The van der Waals surface area contributed by atoms with Crippen molar-refractivity contribution in [3.05, 3.63) is 59.8 Å². The number of rotatable bonds is 5. The summed E-state index contributed by atoms with van der Waals surface area (Å²) in [6.07, 6.45) is 0. The highest BCUT2D eigenvalue weighted by Crippen LogP contribution is 2.33. The number of para-hydroxylation sites is 1. The molecule has 0 saturated heterocycles. The molecule has 0 aliphatic carbocycles. The molecular weight excluding hydrogens is 336 g/mol. The second kappa shape index (κ2) is 7.10. The van der Waals surface area contributed by atoms with E-state index in [2.05, 4.69) is 4.98 Å². The predicted molar refractivity (Wildman–Crippen MR) is 94.6 cm³/mol. The lowest BCUT2D eigenvalue weighted by molar-refractivity contribution is -0.135. The highest BCUT2D eigenvalue weighted by molar-refractivity contribution is 6.03. The number of nitrogens with one attached hydrogen (secondary N) is 1. The number of pyridine rings is 1. The normalized spacial score (nSPS) is 16.0. The zero-order valence-electron chi connectivity index (χ0n) is 21.0. The SMILES string of the molecule is [2H]c1cc([2H])c(Oc2ccc3c(O)c(C(=O)NC([2H])([2H])C(=O)O)nc(C([2H])([2H])[2H])c3c2)c([2H])c1. The lowest BCUT2D eigenvalue weighted by atomic mass is 10.1. The van der Waals surface area contributed by atoms with Gasteiger partial charge in [-0.3, -0.25) is 9.59 Å². The molecule has 7 nitrogen and oxygen atoms in total. The molecule has 3 N–H and O–H groups in total. The van der Waals surface area contributed by atoms with Crippen LogP contribution in [0.2, 0.25) is 0 Å². The molecule has 0 saturated carbocycles. The van der Waals surface area contributed by atoms with Crippen LogP contribution in [0.15, 0.2) is 48.5 Å².